The Morgan fingerprint density at radius 3 is 2.89 bits per heavy atom. The fourth-order valence-corrected chi connectivity index (χ4v) is 2.71. The number of likely N-dealkylation sites (tertiary alicyclic amines) is 1. The highest BCUT2D eigenvalue weighted by molar-refractivity contribution is 5.95. The van der Waals surface area contributed by atoms with Crippen LogP contribution in [0.4, 0.5) is 5.69 Å². The highest BCUT2D eigenvalue weighted by Gasteiger charge is 2.29. The molecule has 1 atom stereocenters. The second-order valence-corrected chi connectivity index (χ2v) is 5.24. The van der Waals surface area contributed by atoms with E-state index in [0.717, 1.165) is 43.7 Å². The molecule has 1 saturated heterocycles. The van der Waals surface area contributed by atoms with Crippen molar-refractivity contribution in [3.63, 3.8) is 0 Å². The van der Waals surface area contributed by atoms with Crippen LogP contribution in [-0.2, 0) is 4.79 Å². The molecule has 1 aromatic rings. The van der Waals surface area contributed by atoms with Gasteiger partial charge in [-0.25, -0.2) is 0 Å². The summed E-state index contributed by atoms with van der Waals surface area (Å²) < 4.78 is 5.08. The minimum Gasteiger partial charge on any atom is -0.359 e. The van der Waals surface area contributed by atoms with E-state index < -0.39 is 0 Å². The minimum absolute atomic E-state index is 0.0117. The third-order valence-corrected chi connectivity index (χ3v) is 3.71. The molecule has 0 unspecified atom stereocenters. The second-order valence-electron chi connectivity index (χ2n) is 5.24. The van der Waals surface area contributed by atoms with Crippen LogP contribution in [0.25, 0.3) is 0 Å². The molecule has 19 heavy (non-hydrogen) atoms. The summed E-state index contributed by atoms with van der Waals surface area (Å²) in [5.74, 6) is 0.742. The molecule has 1 N–H and O–H groups in total. The molecule has 0 aliphatic carbocycles. The number of anilines is 1. The molecule has 0 bridgehead atoms. The van der Waals surface area contributed by atoms with Gasteiger partial charge in [-0.05, 0) is 46.2 Å². The van der Waals surface area contributed by atoms with Crippen molar-refractivity contribution in [3.8, 4) is 0 Å². The molecular formula is C14H23N3O2. The number of nitrogens with zero attached hydrogens (tertiary/aromatic N) is 2. The topological polar surface area (TPSA) is 58.4 Å². The summed E-state index contributed by atoms with van der Waals surface area (Å²) in [6, 6.07) is -0.0117. The van der Waals surface area contributed by atoms with Crippen LogP contribution in [0.15, 0.2) is 4.52 Å². The highest BCUT2D eigenvalue weighted by Crippen LogP contribution is 2.22. The summed E-state index contributed by atoms with van der Waals surface area (Å²) in [5, 5.41) is 6.85. The molecule has 0 radical (unpaired) electrons. The number of hydrogen-bond donors (Lipinski definition) is 1. The number of aryl methyl sites for hydroxylation is 2. The van der Waals surface area contributed by atoms with Gasteiger partial charge in [-0.3, -0.25) is 9.69 Å². The number of carbonyl (C=O) groups is 1. The van der Waals surface area contributed by atoms with Gasteiger partial charge in [-0.2, -0.15) is 0 Å². The van der Waals surface area contributed by atoms with Crippen LogP contribution in [0.3, 0.4) is 0 Å². The summed E-state index contributed by atoms with van der Waals surface area (Å²) in [4.78, 5) is 14.7. The lowest BCUT2D eigenvalue weighted by Gasteiger charge is -2.34. The quantitative estimate of drug-likeness (QED) is 0.908. The van der Waals surface area contributed by atoms with Gasteiger partial charge in [0.15, 0.2) is 5.76 Å². The zero-order chi connectivity index (χ0) is 13.8. The third kappa shape index (κ3) is 3.15. The highest BCUT2D eigenvalue weighted by atomic mass is 16.5. The lowest BCUT2D eigenvalue weighted by atomic mass is 10.0. The van der Waals surface area contributed by atoms with Crippen molar-refractivity contribution in [2.75, 3.05) is 18.4 Å². The number of piperidine rings is 1. The van der Waals surface area contributed by atoms with E-state index in [9.17, 15) is 4.79 Å². The number of carbonyl (C=O) groups excluding carboxylic acids is 1. The number of aromatic nitrogens is 1. The zero-order valence-electron chi connectivity index (χ0n) is 12.0. The third-order valence-electron chi connectivity index (χ3n) is 3.71. The van der Waals surface area contributed by atoms with Crippen LogP contribution in [0.1, 0.15) is 44.1 Å². The van der Waals surface area contributed by atoms with Crippen molar-refractivity contribution in [1.29, 1.82) is 0 Å². The number of nitrogens with one attached hydrogen (secondary N) is 1. The Hall–Kier alpha value is -1.36. The van der Waals surface area contributed by atoms with E-state index in [1.54, 1.807) is 0 Å². The van der Waals surface area contributed by atoms with Crippen molar-refractivity contribution in [2.45, 2.75) is 52.5 Å². The molecule has 106 valence electrons. The van der Waals surface area contributed by atoms with Crippen molar-refractivity contribution in [1.82, 2.24) is 10.1 Å². The van der Waals surface area contributed by atoms with Gasteiger partial charge in [0, 0.05) is 0 Å². The second kappa shape index (κ2) is 6.19. The maximum atomic E-state index is 12.4. The van der Waals surface area contributed by atoms with Gasteiger partial charge in [0.05, 0.1) is 6.04 Å². The van der Waals surface area contributed by atoms with Gasteiger partial charge in [0.1, 0.15) is 11.4 Å². The number of hydrogen-bond acceptors (Lipinski definition) is 4. The average Bonchev–Trinajstić information content (AvgIpc) is 2.71. The van der Waals surface area contributed by atoms with Crippen molar-refractivity contribution in [3.05, 3.63) is 11.5 Å². The zero-order valence-corrected chi connectivity index (χ0v) is 12.0. The van der Waals surface area contributed by atoms with E-state index >= 15 is 0 Å². The molecule has 2 heterocycles. The van der Waals surface area contributed by atoms with Gasteiger partial charge >= 0.3 is 0 Å². The van der Waals surface area contributed by atoms with Crippen molar-refractivity contribution < 1.29 is 9.32 Å². The maximum Gasteiger partial charge on any atom is 0.241 e. The monoisotopic (exact) mass is 265 g/mol. The Morgan fingerprint density at radius 1 is 1.47 bits per heavy atom. The first-order valence-corrected chi connectivity index (χ1v) is 7.11. The van der Waals surface area contributed by atoms with Crippen LogP contribution in [0, 0.1) is 13.8 Å². The Labute approximate surface area is 114 Å². The summed E-state index contributed by atoms with van der Waals surface area (Å²) >= 11 is 0. The van der Waals surface area contributed by atoms with Crippen molar-refractivity contribution >= 4 is 11.6 Å². The van der Waals surface area contributed by atoms with E-state index in [4.69, 9.17) is 4.52 Å². The molecule has 2 rings (SSSR count). The van der Waals surface area contributed by atoms with Gasteiger partial charge in [0.25, 0.3) is 0 Å². The molecule has 1 fully saturated rings. The SMILES string of the molecule is CCCN1CCCC[C@H]1C(=O)Nc1c(C)noc1C. The van der Waals surface area contributed by atoms with E-state index in [0.29, 0.717) is 5.76 Å². The van der Waals surface area contributed by atoms with Gasteiger partial charge in [0.2, 0.25) is 5.91 Å². The lowest BCUT2D eigenvalue weighted by Crippen LogP contribution is -2.47. The molecule has 1 amide bonds. The Bertz CT molecular complexity index is 420. The molecule has 0 aromatic carbocycles. The Morgan fingerprint density at radius 2 is 2.26 bits per heavy atom. The normalized spacial score (nSPS) is 20.5. The summed E-state index contributed by atoms with van der Waals surface area (Å²) in [6.07, 6.45) is 4.33. The van der Waals surface area contributed by atoms with Crippen LogP contribution >= 0.6 is 0 Å². The first kappa shape index (κ1) is 14.1. The van der Waals surface area contributed by atoms with Gasteiger partial charge < -0.3 is 9.84 Å². The molecule has 1 aliphatic heterocycles. The Kier molecular flexibility index (Phi) is 4.58. The largest absolute Gasteiger partial charge is 0.359 e. The fraction of sp³-hybridized carbons (Fsp3) is 0.714. The minimum atomic E-state index is -0.0117. The van der Waals surface area contributed by atoms with Crippen LogP contribution in [0.5, 0.6) is 0 Å². The molecule has 1 aliphatic rings. The predicted molar refractivity (Wildman–Crippen MR) is 74.1 cm³/mol. The van der Waals surface area contributed by atoms with Crippen molar-refractivity contribution in [2.24, 2.45) is 0 Å². The molecular weight excluding hydrogens is 242 g/mol. The van der Waals surface area contributed by atoms with E-state index in [1.165, 1.54) is 6.42 Å². The number of amides is 1. The van der Waals surface area contributed by atoms with Gasteiger partial charge in [-0.1, -0.05) is 18.5 Å². The first-order valence-electron chi connectivity index (χ1n) is 7.11. The molecule has 0 saturated carbocycles. The number of rotatable bonds is 4. The smallest absolute Gasteiger partial charge is 0.241 e. The van der Waals surface area contributed by atoms with Crippen LogP contribution in [-0.4, -0.2) is 35.1 Å². The molecule has 5 nitrogen and oxygen atoms in total. The maximum absolute atomic E-state index is 12.4. The standard InChI is InChI=1S/C14H23N3O2/c1-4-8-17-9-6-5-7-12(17)14(18)15-13-10(2)16-19-11(13)3/h12H,4-9H2,1-3H3,(H,15,18)/t12-/m0/s1. The summed E-state index contributed by atoms with van der Waals surface area (Å²) in [5.41, 5.74) is 1.47. The summed E-state index contributed by atoms with van der Waals surface area (Å²) in [7, 11) is 0. The van der Waals surface area contributed by atoms with E-state index in [-0.39, 0.29) is 11.9 Å². The molecule has 0 spiro atoms. The van der Waals surface area contributed by atoms with Crippen LogP contribution in [0.2, 0.25) is 0 Å². The first-order chi connectivity index (χ1) is 9.13. The van der Waals surface area contributed by atoms with Gasteiger partial charge in [-0.15, -0.1) is 0 Å². The molecule has 5 heteroatoms. The fourth-order valence-electron chi connectivity index (χ4n) is 2.71. The lowest BCUT2D eigenvalue weighted by molar-refractivity contribution is -0.122. The van der Waals surface area contributed by atoms with E-state index in [2.05, 4.69) is 22.3 Å². The van der Waals surface area contributed by atoms with Crippen LogP contribution < -0.4 is 5.32 Å². The Balaban J connectivity index is 2.05. The average molecular weight is 265 g/mol. The summed E-state index contributed by atoms with van der Waals surface area (Å²) in [6.45, 7) is 7.82. The van der Waals surface area contributed by atoms with E-state index in [1.807, 2.05) is 13.8 Å². The predicted octanol–water partition coefficient (Wildman–Crippen LogP) is 2.49. The molecule has 1 aromatic heterocycles.